The van der Waals surface area contributed by atoms with Crippen molar-refractivity contribution >= 4 is 24.5 Å². The van der Waals surface area contributed by atoms with Gasteiger partial charge in [0, 0.05) is 39.4 Å². The van der Waals surface area contributed by atoms with Crippen molar-refractivity contribution in [3.05, 3.63) is 65.5 Å². The van der Waals surface area contributed by atoms with Gasteiger partial charge in [0.25, 0.3) is 12.9 Å². The van der Waals surface area contributed by atoms with Crippen LogP contribution in [0.4, 0.5) is 10.1 Å². The van der Waals surface area contributed by atoms with Gasteiger partial charge in [-0.25, -0.2) is 4.39 Å². The Kier molecular flexibility index (Phi) is 11.6. The molecule has 1 aliphatic rings. The summed E-state index contributed by atoms with van der Waals surface area (Å²) < 4.78 is 13.6. The molecule has 180 valence electrons. The predicted octanol–water partition coefficient (Wildman–Crippen LogP) is 3.07. The van der Waals surface area contributed by atoms with Gasteiger partial charge < -0.3 is 20.4 Å². The largest absolute Gasteiger partial charge is 0.483 e. The van der Waals surface area contributed by atoms with Crippen molar-refractivity contribution in [2.45, 2.75) is 31.8 Å². The van der Waals surface area contributed by atoms with E-state index in [1.807, 2.05) is 6.07 Å². The van der Waals surface area contributed by atoms with E-state index in [2.05, 4.69) is 41.4 Å². The van der Waals surface area contributed by atoms with Gasteiger partial charge in [-0.2, -0.15) is 0 Å². The second-order valence-electron chi connectivity index (χ2n) is 7.83. The SMILES string of the molecule is Cc1ccccc1CN1CCC(Nc2cccc(F)c2)(C(=O)N(C)C)CC1.O=CO.O=CO. The number of anilines is 1. The van der Waals surface area contributed by atoms with Crippen molar-refractivity contribution in [3.8, 4) is 0 Å². The van der Waals surface area contributed by atoms with E-state index in [9.17, 15) is 9.18 Å². The number of aryl methyl sites for hydroxylation is 1. The molecule has 0 aromatic heterocycles. The van der Waals surface area contributed by atoms with Gasteiger partial charge in [0.2, 0.25) is 5.91 Å². The smallest absolute Gasteiger partial charge is 0.290 e. The summed E-state index contributed by atoms with van der Waals surface area (Å²) in [7, 11) is 3.55. The molecule has 0 spiro atoms. The molecule has 33 heavy (non-hydrogen) atoms. The number of nitrogens with zero attached hydrogens (tertiary/aromatic N) is 2. The molecule has 9 heteroatoms. The van der Waals surface area contributed by atoms with Gasteiger partial charge in [-0.05, 0) is 49.1 Å². The molecule has 1 heterocycles. The zero-order valence-electron chi connectivity index (χ0n) is 19.2. The molecule has 0 atom stereocenters. The topological polar surface area (TPSA) is 110 Å². The van der Waals surface area contributed by atoms with E-state index in [4.69, 9.17) is 19.8 Å². The number of likely N-dealkylation sites (N-methyl/N-ethyl adjacent to an activating group) is 1. The Hall–Kier alpha value is -3.46. The zero-order chi connectivity index (χ0) is 24.9. The van der Waals surface area contributed by atoms with Gasteiger partial charge in [0.15, 0.2) is 0 Å². The lowest BCUT2D eigenvalue weighted by Gasteiger charge is -2.43. The molecule has 2 aromatic rings. The minimum Gasteiger partial charge on any atom is -0.483 e. The Morgan fingerprint density at radius 3 is 2.18 bits per heavy atom. The number of hydrogen-bond donors (Lipinski definition) is 3. The summed E-state index contributed by atoms with van der Waals surface area (Å²) in [6.07, 6.45) is 1.37. The lowest BCUT2D eigenvalue weighted by Crippen LogP contribution is -2.57. The number of nitrogens with one attached hydrogen (secondary N) is 1. The number of piperidine rings is 1. The van der Waals surface area contributed by atoms with Crippen LogP contribution in [0.2, 0.25) is 0 Å². The van der Waals surface area contributed by atoms with Crippen molar-refractivity contribution in [3.63, 3.8) is 0 Å². The van der Waals surface area contributed by atoms with Gasteiger partial charge in [0.05, 0.1) is 0 Å². The molecule has 2 aromatic carbocycles. The fourth-order valence-electron chi connectivity index (χ4n) is 3.78. The molecule has 1 fully saturated rings. The number of carboxylic acid groups (broad SMARTS) is 2. The molecule has 3 N–H and O–H groups in total. The van der Waals surface area contributed by atoms with Crippen LogP contribution in [0, 0.1) is 12.7 Å². The quantitative estimate of drug-likeness (QED) is 0.587. The van der Waals surface area contributed by atoms with Gasteiger partial charge in [-0.15, -0.1) is 0 Å². The van der Waals surface area contributed by atoms with Crippen molar-refractivity contribution < 1.29 is 29.0 Å². The van der Waals surface area contributed by atoms with Crippen LogP contribution in [-0.2, 0) is 20.9 Å². The summed E-state index contributed by atoms with van der Waals surface area (Å²) in [5.74, 6) is -0.258. The van der Waals surface area contributed by atoms with Crippen LogP contribution in [0.25, 0.3) is 0 Å². The van der Waals surface area contributed by atoms with E-state index in [-0.39, 0.29) is 24.7 Å². The summed E-state index contributed by atoms with van der Waals surface area (Å²) in [5.41, 5.74) is 2.57. The third-order valence-corrected chi connectivity index (χ3v) is 5.39. The molecule has 0 aliphatic carbocycles. The van der Waals surface area contributed by atoms with E-state index >= 15 is 0 Å². The summed E-state index contributed by atoms with van der Waals surface area (Å²) in [5, 5.41) is 17.1. The van der Waals surface area contributed by atoms with Gasteiger partial charge in [0.1, 0.15) is 11.4 Å². The maximum atomic E-state index is 13.6. The highest BCUT2D eigenvalue weighted by atomic mass is 19.1. The Labute approximate surface area is 193 Å². The highest BCUT2D eigenvalue weighted by Gasteiger charge is 2.42. The normalized spacial score (nSPS) is 14.4. The molecule has 3 rings (SSSR count). The first kappa shape index (κ1) is 27.6. The molecule has 1 saturated heterocycles. The van der Waals surface area contributed by atoms with Gasteiger partial charge in [-0.3, -0.25) is 19.3 Å². The molecule has 0 radical (unpaired) electrons. The zero-order valence-corrected chi connectivity index (χ0v) is 19.2. The second-order valence-corrected chi connectivity index (χ2v) is 7.83. The predicted molar refractivity (Wildman–Crippen MR) is 125 cm³/mol. The van der Waals surface area contributed by atoms with E-state index in [1.165, 1.54) is 23.3 Å². The average molecular weight is 462 g/mol. The third kappa shape index (κ3) is 8.53. The highest BCUT2D eigenvalue weighted by Crippen LogP contribution is 2.30. The minimum absolute atomic E-state index is 0.0438. The van der Waals surface area contributed by atoms with Crippen LogP contribution in [0.3, 0.4) is 0 Å². The van der Waals surface area contributed by atoms with Crippen LogP contribution in [0.5, 0.6) is 0 Å². The fourth-order valence-corrected chi connectivity index (χ4v) is 3.78. The van der Waals surface area contributed by atoms with E-state index in [1.54, 1.807) is 25.1 Å². The number of hydrogen-bond acceptors (Lipinski definition) is 5. The lowest BCUT2D eigenvalue weighted by molar-refractivity contribution is -0.135. The number of carbonyl (C=O) groups is 3. The monoisotopic (exact) mass is 461 g/mol. The Balaban J connectivity index is 0.000000819. The fraction of sp³-hybridized carbons (Fsp3) is 0.375. The van der Waals surface area contributed by atoms with Crippen LogP contribution in [0.1, 0.15) is 24.0 Å². The van der Waals surface area contributed by atoms with Crippen LogP contribution >= 0.6 is 0 Å². The molecule has 1 aliphatic heterocycles. The molecular formula is C24H32FN3O5. The molecule has 0 saturated carbocycles. The Morgan fingerprint density at radius 2 is 1.67 bits per heavy atom. The van der Waals surface area contributed by atoms with E-state index < -0.39 is 5.54 Å². The number of rotatable bonds is 5. The first-order valence-corrected chi connectivity index (χ1v) is 10.4. The van der Waals surface area contributed by atoms with Crippen molar-refractivity contribution in [1.82, 2.24) is 9.80 Å². The first-order chi connectivity index (χ1) is 15.7. The molecule has 8 nitrogen and oxygen atoms in total. The van der Waals surface area contributed by atoms with Crippen LogP contribution in [-0.4, -0.2) is 71.6 Å². The molecular weight excluding hydrogens is 429 g/mol. The lowest BCUT2D eigenvalue weighted by atomic mass is 9.85. The Morgan fingerprint density at radius 1 is 1.09 bits per heavy atom. The molecule has 0 unspecified atom stereocenters. The van der Waals surface area contributed by atoms with Crippen molar-refractivity contribution in [2.24, 2.45) is 0 Å². The minimum atomic E-state index is -0.695. The van der Waals surface area contributed by atoms with Crippen LogP contribution in [0.15, 0.2) is 48.5 Å². The highest BCUT2D eigenvalue weighted by molar-refractivity contribution is 5.89. The molecule has 0 bridgehead atoms. The summed E-state index contributed by atoms with van der Waals surface area (Å²) in [6.45, 7) is 4.15. The van der Waals surface area contributed by atoms with Gasteiger partial charge in [-0.1, -0.05) is 30.3 Å². The van der Waals surface area contributed by atoms with Crippen LogP contribution < -0.4 is 5.32 Å². The number of halogens is 1. The number of likely N-dealkylation sites (tertiary alicyclic amines) is 1. The number of benzene rings is 2. The Bertz CT molecular complexity index is 893. The maximum Gasteiger partial charge on any atom is 0.290 e. The number of carbonyl (C=O) groups excluding carboxylic acids is 1. The summed E-state index contributed by atoms with van der Waals surface area (Å²) in [4.78, 5) is 33.7. The summed E-state index contributed by atoms with van der Waals surface area (Å²) in [6, 6.07) is 14.8. The van der Waals surface area contributed by atoms with E-state index in [0.29, 0.717) is 18.5 Å². The maximum absolute atomic E-state index is 13.6. The van der Waals surface area contributed by atoms with Crippen molar-refractivity contribution in [2.75, 3.05) is 32.5 Å². The van der Waals surface area contributed by atoms with Crippen molar-refractivity contribution in [1.29, 1.82) is 0 Å². The second kappa shape index (κ2) is 13.8. The number of amides is 1. The van der Waals surface area contributed by atoms with Gasteiger partial charge >= 0.3 is 0 Å². The molecule has 1 amide bonds. The van der Waals surface area contributed by atoms with E-state index in [0.717, 1.165) is 19.6 Å². The standard InChI is InChI=1S/C22H28FN3O.2CH2O2/c1-17-7-4-5-8-18(17)16-26-13-11-22(12-14-26,21(27)25(2)3)24-20-10-6-9-19(23)15-20;2*2-1-3/h4-10,15,24H,11-14,16H2,1-3H3;2*1H,(H,2,3). The first-order valence-electron chi connectivity index (χ1n) is 10.4. The average Bonchev–Trinajstić information content (AvgIpc) is 2.77. The third-order valence-electron chi connectivity index (χ3n) is 5.39. The summed E-state index contributed by atoms with van der Waals surface area (Å²) >= 11 is 0.